The van der Waals surface area contributed by atoms with Gasteiger partial charge in [-0.3, -0.25) is 9.48 Å². The summed E-state index contributed by atoms with van der Waals surface area (Å²) in [5.74, 6) is 0.426. The zero-order valence-electron chi connectivity index (χ0n) is 18.5. The zero-order valence-corrected chi connectivity index (χ0v) is 18.5. The number of carbonyl (C=O) groups excluding carboxylic acids is 1. The number of carbonyl (C=O) groups is 1. The molecule has 1 amide bonds. The zero-order chi connectivity index (χ0) is 23.3. The van der Waals surface area contributed by atoms with Crippen LogP contribution in [0.4, 0.5) is 11.6 Å². The van der Waals surface area contributed by atoms with E-state index in [1.807, 2.05) is 16.8 Å². The van der Waals surface area contributed by atoms with Gasteiger partial charge in [-0.15, -0.1) is 0 Å². The first kappa shape index (κ1) is 20.5. The Kier molecular flexibility index (Phi) is 4.66. The van der Waals surface area contributed by atoms with E-state index in [1.165, 1.54) is 4.90 Å². The smallest absolute Gasteiger partial charge is 0.260 e. The van der Waals surface area contributed by atoms with Gasteiger partial charge in [0, 0.05) is 38.8 Å². The molecule has 4 aromatic rings. The Morgan fingerprint density at radius 3 is 2.85 bits per heavy atom. The van der Waals surface area contributed by atoms with Crippen LogP contribution in [0.15, 0.2) is 47.2 Å². The number of pyridine rings is 1. The molecule has 0 spiro atoms. The van der Waals surface area contributed by atoms with E-state index in [1.54, 1.807) is 37.6 Å². The van der Waals surface area contributed by atoms with Gasteiger partial charge in [0.25, 0.3) is 5.91 Å². The highest BCUT2D eigenvalue weighted by Gasteiger charge is 2.47. The number of aryl methyl sites for hydroxylation is 1. The number of aromatic nitrogens is 6. The fourth-order valence-corrected chi connectivity index (χ4v) is 4.45. The van der Waals surface area contributed by atoms with E-state index in [-0.39, 0.29) is 18.0 Å². The van der Waals surface area contributed by atoms with Crippen molar-refractivity contribution in [2.45, 2.75) is 31.4 Å². The minimum atomic E-state index is -1.67. The number of rotatable bonds is 5. The van der Waals surface area contributed by atoms with Crippen molar-refractivity contribution in [3.63, 3.8) is 0 Å². The number of likely N-dealkylation sites (tertiary alicyclic amines) is 1. The van der Waals surface area contributed by atoms with Crippen molar-refractivity contribution in [2.75, 3.05) is 18.9 Å². The number of nitrogens with zero attached hydrogens (tertiary/aromatic N) is 7. The first-order valence-corrected chi connectivity index (χ1v) is 11.1. The van der Waals surface area contributed by atoms with Crippen LogP contribution in [0.5, 0.6) is 0 Å². The first-order chi connectivity index (χ1) is 16.5. The van der Waals surface area contributed by atoms with Gasteiger partial charge in [0.1, 0.15) is 11.4 Å². The Hall–Kier alpha value is -4.12. The van der Waals surface area contributed by atoms with Gasteiger partial charge in [0.15, 0.2) is 11.4 Å². The van der Waals surface area contributed by atoms with Crippen LogP contribution >= 0.6 is 0 Å². The topological polar surface area (TPSA) is 135 Å². The number of amides is 1. The van der Waals surface area contributed by atoms with Crippen LogP contribution in [0.2, 0.25) is 0 Å². The molecule has 11 nitrogen and oxygen atoms in total. The summed E-state index contributed by atoms with van der Waals surface area (Å²) in [6.07, 6.45) is 5.79. The van der Waals surface area contributed by atoms with Crippen LogP contribution in [0.1, 0.15) is 24.2 Å². The first-order valence-electron chi connectivity index (χ1n) is 11.1. The van der Waals surface area contributed by atoms with Crippen LogP contribution < -0.4 is 5.32 Å². The third-order valence-electron chi connectivity index (χ3n) is 6.34. The number of anilines is 2. The molecular formula is C23H22N8O3. The molecule has 0 aromatic carbocycles. The summed E-state index contributed by atoms with van der Waals surface area (Å²) < 4.78 is 7.44. The molecule has 2 N–H and O–H groups in total. The van der Waals surface area contributed by atoms with Gasteiger partial charge < -0.3 is 19.8 Å². The van der Waals surface area contributed by atoms with Crippen LogP contribution in [-0.4, -0.2) is 59.4 Å². The van der Waals surface area contributed by atoms with Crippen molar-refractivity contribution in [3.8, 4) is 22.8 Å². The SMILES string of the molecule is CN1CC[C@@](O)(c2cc(-c3cccc(-c4ccnc(Nc5cnn6c5CCC6)n4)n3)on2)C1=O. The van der Waals surface area contributed by atoms with E-state index in [9.17, 15) is 9.90 Å². The van der Waals surface area contributed by atoms with E-state index < -0.39 is 5.60 Å². The lowest BCUT2D eigenvalue weighted by Crippen LogP contribution is -2.36. The maximum Gasteiger partial charge on any atom is 0.260 e. The third-order valence-corrected chi connectivity index (χ3v) is 6.34. The molecule has 4 aromatic heterocycles. The molecule has 1 fully saturated rings. The predicted octanol–water partition coefficient (Wildman–Crippen LogP) is 2.13. The molecule has 1 saturated heterocycles. The van der Waals surface area contributed by atoms with E-state index in [0.717, 1.165) is 30.8 Å². The average Bonchev–Trinajstić information content (AvgIpc) is 3.64. The molecule has 6 rings (SSSR count). The molecule has 6 heterocycles. The number of hydrogen-bond acceptors (Lipinski definition) is 9. The molecule has 0 bridgehead atoms. The monoisotopic (exact) mass is 458 g/mol. The van der Waals surface area contributed by atoms with Gasteiger partial charge in [-0.25, -0.2) is 15.0 Å². The van der Waals surface area contributed by atoms with Crippen LogP contribution in [0, 0.1) is 0 Å². The number of fused-ring (bicyclic) bond motifs is 1. The molecule has 172 valence electrons. The van der Waals surface area contributed by atoms with Gasteiger partial charge in [-0.05, 0) is 31.0 Å². The van der Waals surface area contributed by atoms with Crippen molar-refractivity contribution in [1.29, 1.82) is 0 Å². The number of nitrogens with one attached hydrogen (secondary N) is 1. The molecular weight excluding hydrogens is 436 g/mol. The maximum absolute atomic E-state index is 12.4. The minimum Gasteiger partial charge on any atom is -0.374 e. The minimum absolute atomic E-state index is 0.186. The summed E-state index contributed by atoms with van der Waals surface area (Å²) in [5, 5.41) is 22.4. The van der Waals surface area contributed by atoms with Gasteiger partial charge >= 0.3 is 0 Å². The fourth-order valence-electron chi connectivity index (χ4n) is 4.45. The second kappa shape index (κ2) is 7.73. The predicted molar refractivity (Wildman–Crippen MR) is 121 cm³/mol. The van der Waals surface area contributed by atoms with Crippen molar-refractivity contribution in [1.82, 2.24) is 34.8 Å². The maximum atomic E-state index is 12.4. The summed E-state index contributed by atoms with van der Waals surface area (Å²) in [6, 6.07) is 8.80. The van der Waals surface area contributed by atoms with Gasteiger partial charge in [0.05, 0.1) is 29.0 Å². The number of hydrogen-bond donors (Lipinski definition) is 2. The summed E-state index contributed by atoms with van der Waals surface area (Å²) in [5.41, 5.74) is 2.35. The van der Waals surface area contributed by atoms with E-state index in [0.29, 0.717) is 35.3 Å². The Morgan fingerprint density at radius 2 is 2.00 bits per heavy atom. The molecule has 0 unspecified atom stereocenters. The summed E-state index contributed by atoms with van der Waals surface area (Å²) >= 11 is 0. The number of likely N-dealkylation sites (N-methyl/N-ethyl adjacent to an activating group) is 1. The highest BCUT2D eigenvalue weighted by molar-refractivity contribution is 5.88. The fraction of sp³-hybridized carbons (Fsp3) is 0.304. The Labute approximate surface area is 194 Å². The lowest BCUT2D eigenvalue weighted by atomic mass is 9.97. The van der Waals surface area contributed by atoms with E-state index in [2.05, 4.69) is 30.5 Å². The van der Waals surface area contributed by atoms with E-state index in [4.69, 9.17) is 4.52 Å². The van der Waals surface area contributed by atoms with Crippen molar-refractivity contribution < 1.29 is 14.4 Å². The normalized spacial score (nSPS) is 19.6. The lowest BCUT2D eigenvalue weighted by molar-refractivity contribution is -0.143. The van der Waals surface area contributed by atoms with Gasteiger partial charge in [-0.1, -0.05) is 11.2 Å². The van der Waals surface area contributed by atoms with Crippen molar-refractivity contribution in [3.05, 3.63) is 54.1 Å². The summed E-state index contributed by atoms with van der Waals surface area (Å²) in [6.45, 7) is 1.39. The van der Waals surface area contributed by atoms with Crippen LogP contribution in [0.25, 0.3) is 22.8 Å². The number of aliphatic hydroxyl groups is 1. The molecule has 2 aliphatic heterocycles. The van der Waals surface area contributed by atoms with Crippen molar-refractivity contribution in [2.24, 2.45) is 0 Å². The third kappa shape index (κ3) is 3.32. The van der Waals surface area contributed by atoms with Crippen LogP contribution in [0.3, 0.4) is 0 Å². The Balaban J connectivity index is 1.27. The average molecular weight is 458 g/mol. The Morgan fingerprint density at radius 1 is 1.15 bits per heavy atom. The van der Waals surface area contributed by atoms with Gasteiger partial charge in [-0.2, -0.15) is 5.10 Å². The molecule has 1 atom stereocenters. The molecule has 34 heavy (non-hydrogen) atoms. The van der Waals surface area contributed by atoms with E-state index >= 15 is 0 Å². The second-order valence-corrected chi connectivity index (χ2v) is 8.54. The summed E-state index contributed by atoms with van der Waals surface area (Å²) in [4.78, 5) is 27.5. The van der Waals surface area contributed by atoms with Crippen molar-refractivity contribution >= 4 is 17.5 Å². The largest absolute Gasteiger partial charge is 0.374 e. The van der Waals surface area contributed by atoms with Gasteiger partial charge in [0.2, 0.25) is 5.95 Å². The molecule has 0 aliphatic carbocycles. The second-order valence-electron chi connectivity index (χ2n) is 8.54. The molecule has 0 radical (unpaired) electrons. The highest BCUT2D eigenvalue weighted by atomic mass is 16.5. The standard InChI is InChI=1S/C23H22N8O3/c1-30-11-8-23(33,21(30)32)20-12-19(34-29-20)16-5-2-4-14(26-16)15-7-9-24-22(27-15)28-17-13-25-31-10-3-6-18(17)31/h2,4-5,7,9,12-13,33H,3,6,8,10-11H2,1H3,(H,24,27,28)/t23-/m1/s1. The molecule has 0 saturated carbocycles. The Bertz CT molecular complexity index is 1400. The lowest BCUT2D eigenvalue weighted by Gasteiger charge is -2.16. The van der Waals surface area contributed by atoms with Crippen LogP contribution in [-0.2, 0) is 23.4 Å². The highest BCUT2D eigenvalue weighted by Crippen LogP contribution is 2.34. The quantitative estimate of drug-likeness (QED) is 0.461. The molecule has 2 aliphatic rings. The summed E-state index contributed by atoms with van der Waals surface area (Å²) in [7, 11) is 1.65. The molecule has 11 heteroatoms.